The third-order valence-corrected chi connectivity index (χ3v) is 3.12. The van der Waals surface area contributed by atoms with Crippen LogP contribution < -0.4 is 5.73 Å². The summed E-state index contributed by atoms with van der Waals surface area (Å²) < 4.78 is 5.06. The highest BCUT2D eigenvalue weighted by Crippen LogP contribution is 2.20. The molecular weight excluding hydrogens is 238 g/mol. The van der Waals surface area contributed by atoms with Gasteiger partial charge < -0.3 is 15.4 Å². The molecule has 4 nitrogen and oxygen atoms in total. The first-order valence-corrected chi connectivity index (χ1v) is 6.52. The summed E-state index contributed by atoms with van der Waals surface area (Å²) >= 11 is 0. The van der Waals surface area contributed by atoms with E-state index in [-0.39, 0.29) is 0 Å². The topological polar surface area (TPSA) is 51.4 Å². The van der Waals surface area contributed by atoms with Gasteiger partial charge in [0.15, 0.2) is 0 Å². The van der Waals surface area contributed by atoms with Crippen molar-refractivity contribution in [2.75, 3.05) is 33.0 Å². The highest BCUT2D eigenvalue weighted by atomic mass is 16.5. The maximum absolute atomic E-state index is 6.08. The summed E-state index contributed by atoms with van der Waals surface area (Å²) in [7, 11) is 3.81. The molecule has 19 heavy (non-hydrogen) atoms. The van der Waals surface area contributed by atoms with E-state index in [9.17, 15) is 0 Å². The second-order valence-electron chi connectivity index (χ2n) is 4.80. The van der Waals surface area contributed by atoms with E-state index in [1.165, 1.54) is 0 Å². The number of pyridine rings is 1. The van der Waals surface area contributed by atoms with E-state index < -0.39 is 0 Å². The SMILES string of the molecule is COCCCN(C)Cc1cc(N)c2ccccc2n1. The molecule has 4 heteroatoms. The van der Waals surface area contributed by atoms with E-state index in [4.69, 9.17) is 10.5 Å². The molecule has 0 aliphatic heterocycles. The zero-order chi connectivity index (χ0) is 13.7. The van der Waals surface area contributed by atoms with Crippen molar-refractivity contribution in [3.63, 3.8) is 0 Å². The number of nitrogens with two attached hydrogens (primary N) is 1. The number of hydrogen-bond acceptors (Lipinski definition) is 4. The van der Waals surface area contributed by atoms with E-state index in [1.807, 2.05) is 30.3 Å². The molecular formula is C15H21N3O. The molecule has 0 radical (unpaired) electrons. The molecule has 0 aliphatic carbocycles. The molecule has 1 aromatic carbocycles. The Kier molecular flexibility index (Phi) is 4.71. The summed E-state index contributed by atoms with van der Waals surface area (Å²) in [4.78, 5) is 6.88. The minimum atomic E-state index is 0.789. The first-order chi connectivity index (χ1) is 9.20. The number of hydrogen-bond donors (Lipinski definition) is 1. The first-order valence-electron chi connectivity index (χ1n) is 6.52. The fraction of sp³-hybridized carbons (Fsp3) is 0.400. The fourth-order valence-electron chi connectivity index (χ4n) is 2.17. The Morgan fingerprint density at radius 3 is 2.89 bits per heavy atom. The maximum atomic E-state index is 6.08. The van der Waals surface area contributed by atoms with Crippen LogP contribution in [0.4, 0.5) is 5.69 Å². The van der Waals surface area contributed by atoms with Crippen LogP contribution in [0.5, 0.6) is 0 Å². The van der Waals surface area contributed by atoms with Crippen LogP contribution in [0.15, 0.2) is 30.3 Å². The lowest BCUT2D eigenvalue weighted by Crippen LogP contribution is -2.21. The number of para-hydroxylation sites is 1. The first kappa shape index (κ1) is 13.8. The van der Waals surface area contributed by atoms with Gasteiger partial charge in [-0.1, -0.05) is 18.2 Å². The van der Waals surface area contributed by atoms with E-state index >= 15 is 0 Å². The van der Waals surface area contributed by atoms with Gasteiger partial charge in [0, 0.05) is 37.9 Å². The van der Waals surface area contributed by atoms with Crippen molar-refractivity contribution in [1.82, 2.24) is 9.88 Å². The summed E-state index contributed by atoms with van der Waals surface area (Å²) in [5.74, 6) is 0. The van der Waals surface area contributed by atoms with Gasteiger partial charge in [0.25, 0.3) is 0 Å². The molecule has 102 valence electrons. The molecule has 1 aromatic heterocycles. The average Bonchev–Trinajstić information content (AvgIpc) is 2.39. The van der Waals surface area contributed by atoms with Gasteiger partial charge in [-0.05, 0) is 25.6 Å². The molecule has 0 saturated heterocycles. The fourth-order valence-corrected chi connectivity index (χ4v) is 2.17. The van der Waals surface area contributed by atoms with Crippen LogP contribution in [0.2, 0.25) is 0 Å². The zero-order valence-corrected chi connectivity index (χ0v) is 11.6. The molecule has 0 saturated carbocycles. The second-order valence-corrected chi connectivity index (χ2v) is 4.80. The maximum Gasteiger partial charge on any atom is 0.0726 e. The molecule has 2 rings (SSSR count). The monoisotopic (exact) mass is 259 g/mol. The van der Waals surface area contributed by atoms with E-state index in [0.29, 0.717) is 0 Å². The summed E-state index contributed by atoms with van der Waals surface area (Å²) in [6.45, 7) is 2.58. The number of nitrogen functional groups attached to an aromatic ring is 1. The van der Waals surface area contributed by atoms with Gasteiger partial charge in [0.05, 0.1) is 11.2 Å². The van der Waals surface area contributed by atoms with Crippen LogP contribution >= 0.6 is 0 Å². The van der Waals surface area contributed by atoms with Gasteiger partial charge in [0.1, 0.15) is 0 Å². The van der Waals surface area contributed by atoms with Gasteiger partial charge in [-0.25, -0.2) is 0 Å². The number of fused-ring (bicyclic) bond motifs is 1. The van der Waals surface area contributed by atoms with Crippen molar-refractivity contribution in [2.45, 2.75) is 13.0 Å². The summed E-state index contributed by atoms with van der Waals surface area (Å²) in [5, 5.41) is 1.02. The van der Waals surface area contributed by atoms with Crippen molar-refractivity contribution in [2.24, 2.45) is 0 Å². The molecule has 0 aliphatic rings. The lowest BCUT2D eigenvalue weighted by Gasteiger charge is -2.16. The van der Waals surface area contributed by atoms with Crippen molar-refractivity contribution in [3.05, 3.63) is 36.0 Å². The van der Waals surface area contributed by atoms with Crippen molar-refractivity contribution in [3.8, 4) is 0 Å². The van der Waals surface area contributed by atoms with Gasteiger partial charge >= 0.3 is 0 Å². The Bertz CT molecular complexity index is 542. The Morgan fingerprint density at radius 1 is 1.32 bits per heavy atom. The van der Waals surface area contributed by atoms with Crippen LogP contribution in [-0.4, -0.2) is 37.2 Å². The largest absolute Gasteiger partial charge is 0.398 e. The number of rotatable bonds is 6. The molecule has 0 bridgehead atoms. The Morgan fingerprint density at radius 2 is 2.11 bits per heavy atom. The molecule has 2 aromatic rings. The third kappa shape index (κ3) is 3.66. The molecule has 0 atom stereocenters. The molecule has 1 heterocycles. The minimum absolute atomic E-state index is 0.789. The predicted octanol–water partition coefficient (Wildman–Crippen LogP) is 2.29. The van der Waals surface area contributed by atoms with Crippen LogP contribution in [0.25, 0.3) is 10.9 Å². The lowest BCUT2D eigenvalue weighted by molar-refractivity contribution is 0.178. The lowest BCUT2D eigenvalue weighted by atomic mass is 10.1. The van der Waals surface area contributed by atoms with Gasteiger partial charge in [-0.3, -0.25) is 4.98 Å². The standard InChI is InChI=1S/C15H21N3O/c1-18(8-5-9-19-2)11-12-10-14(16)13-6-3-4-7-15(13)17-12/h3-4,6-7,10H,5,8-9,11H2,1-2H3,(H2,16,17). The number of aromatic nitrogens is 1. The van der Waals surface area contributed by atoms with Crippen LogP contribution in [0.1, 0.15) is 12.1 Å². The van der Waals surface area contributed by atoms with Crippen LogP contribution in [-0.2, 0) is 11.3 Å². The summed E-state index contributed by atoms with van der Waals surface area (Å²) in [6.07, 6.45) is 1.02. The van der Waals surface area contributed by atoms with Gasteiger partial charge in [-0.2, -0.15) is 0 Å². The second kappa shape index (κ2) is 6.50. The number of ether oxygens (including phenoxy) is 1. The van der Waals surface area contributed by atoms with Crippen molar-refractivity contribution < 1.29 is 4.74 Å². The van der Waals surface area contributed by atoms with Crippen molar-refractivity contribution >= 4 is 16.6 Å². The number of anilines is 1. The molecule has 0 amide bonds. The number of nitrogens with zero attached hydrogens (tertiary/aromatic N) is 2. The van der Waals surface area contributed by atoms with Crippen molar-refractivity contribution in [1.29, 1.82) is 0 Å². The quantitative estimate of drug-likeness (QED) is 0.809. The summed E-state index contributed by atoms with van der Waals surface area (Å²) in [6, 6.07) is 9.94. The minimum Gasteiger partial charge on any atom is -0.398 e. The van der Waals surface area contributed by atoms with Gasteiger partial charge in [0.2, 0.25) is 0 Å². The smallest absolute Gasteiger partial charge is 0.0726 e. The molecule has 2 N–H and O–H groups in total. The third-order valence-electron chi connectivity index (χ3n) is 3.12. The highest BCUT2D eigenvalue weighted by molar-refractivity contribution is 5.90. The van der Waals surface area contributed by atoms with Crippen LogP contribution in [0, 0.1) is 0 Å². The van der Waals surface area contributed by atoms with Crippen LogP contribution in [0.3, 0.4) is 0 Å². The van der Waals surface area contributed by atoms with E-state index in [0.717, 1.165) is 48.4 Å². The Balaban J connectivity index is 2.08. The van der Waals surface area contributed by atoms with E-state index in [1.54, 1.807) is 7.11 Å². The number of methoxy groups -OCH3 is 1. The van der Waals surface area contributed by atoms with E-state index in [2.05, 4.69) is 16.9 Å². The highest BCUT2D eigenvalue weighted by Gasteiger charge is 2.05. The number of benzene rings is 1. The van der Waals surface area contributed by atoms with Gasteiger partial charge in [-0.15, -0.1) is 0 Å². The Labute approximate surface area is 114 Å². The Hall–Kier alpha value is -1.65. The molecule has 0 unspecified atom stereocenters. The summed E-state index contributed by atoms with van der Waals surface area (Å²) in [5.41, 5.74) is 8.84. The predicted molar refractivity (Wildman–Crippen MR) is 79.0 cm³/mol. The molecule has 0 fully saturated rings. The average molecular weight is 259 g/mol. The normalized spacial score (nSPS) is 11.3. The zero-order valence-electron chi connectivity index (χ0n) is 11.6. The molecule has 0 spiro atoms.